The maximum absolute atomic E-state index is 13.7. The van der Waals surface area contributed by atoms with Gasteiger partial charge in [-0.05, 0) is 55.3 Å². The number of sulfonamides is 1. The van der Waals surface area contributed by atoms with Crippen molar-refractivity contribution in [2.45, 2.75) is 36.7 Å². The highest BCUT2D eigenvalue weighted by Crippen LogP contribution is 2.32. The smallest absolute Gasteiger partial charge is 0.265 e. The number of halogens is 3. The minimum absolute atomic E-state index is 0.0313. The molecule has 2 aromatic carbocycles. The van der Waals surface area contributed by atoms with Crippen molar-refractivity contribution in [2.24, 2.45) is 5.73 Å². The van der Waals surface area contributed by atoms with E-state index in [1.165, 1.54) is 18.2 Å². The zero-order valence-corrected chi connectivity index (χ0v) is 22.7. The Morgan fingerprint density at radius 1 is 1.11 bits per heavy atom. The summed E-state index contributed by atoms with van der Waals surface area (Å²) < 4.78 is 28.5. The predicted octanol–water partition coefficient (Wildman–Crippen LogP) is 4.05. The lowest BCUT2D eigenvalue weighted by molar-refractivity contribution is -0.122. The summed E-state index contributed by atoms with van der Waals surface area (Å²) >= 11 is 18.4. The van der Waals surface area contributed by atoms with Gasteiger partial charge >= 0.3 is 0 Å². The molecule has 0 saturated heterocycles. The molecule has 0 bridgehead atoms. The van der Waals surface area contributed by atoms with E-state index in [1.54, 1.807) is 43.3 Å². The van der Waals surface area contributed by atoms with Crippen LogP contribution in [0.2, 0.25) is 15.1 Å². The number of nitrogens with one attached hydrogen (secondary N) is 1. The minimum atomic E-state index is -4.12. The van der Waals surface area contributed by atoms with Gasteiger partial charge in [-0.25, -0.2) is 17.7 Å². The fourth-order valence-electron chi connectivity index (χ4n) is 4.02. The SMILES string of the molecule is C[C@@H](N)C(=O)N[C@@H]1Cc2ccc(CC(=O)c3c(Cl)cccc3Cl)nc2N(S(=O)(=O)c2cccc(Cl)c2)C1. The topological polar surface area (TPSA) is 122 Å². The number of hydrogen-bond acceptors (Lipinski definition) is 6. The Balaban J connectivity index is 1.73. The zero-order valence-electron chi connectivity index (χ0n) is 19.6. The van der Waals surface area contributed by atoms with Crippen molar-refractivity contribution in [3.63, 3.8) is 0 Å². The van der Waals surface area contributed by atoms with Crippen molar-refractivity contribution in [3.05, 3.63) is 86.5 Å². The average molecular weight is 582 g/mol. The van der Waals surface area contributed by atoms with Crippen LogP contribution in [-0.4, -0.2) is 43.7 Å². The van der Waals surface area contributed by atoms with Crippen LogP contribution in [0, 0.1) is 0 Å². The molecule has 3 aromatic rings. The molecule has 2 atom stereocenters. The molecule has 0 saturated carbocycles. The Morgan fingerprint density at radius 3 is 2.43 bits per heavy atom. The number of ketones is 1. The van der Waals surface area contributed by atoms with E-state index in [0.717, 1.165) is 4.31 Å². The highest BCUT2D eigenvalue weighted by molar-refractivity contribution is 7.92. The van der Waals surface area contributed by atoms with Crippen molar-refractivity contribution in [1.82, 2.24) is 10.3 Å². The van der Waals surface area contributed by atoms with Gasteiger partial charge in [-0.1, -0.05) is 53.0 Å². The van der Waals surface area contributed by atoms with Gasteiger partial charge in [-0.2, -0.15) is 0 Å². The van der Waals surface area contributed by atoms with Gasteiger partial charge in [0.1, 0.15) is 5.82 Å². The van der Waals surface area contributed by atoms with E-state index in [0.29, 0.717) is 17.7 Å². The molecule has 4 rings (SSSR count). The second kappa shape index (κ2) is 11.0. The highest BCUT2D eigenvalue weighted by Gasteiger charge is 2.36. The van der Waals surface area contributed by atoms with Crippen molar-refractivity contribution in [2.75, 3.05) is 10.8 Å². The van der Waals surface area contributed by atoms with E-state index in [1.807, 2.05) is 0 Å². The predicted molar refractivity (Wildman–Crippen MR) is 144 cm³/mol. The lowest BCUT2D eigenvalue weighted by atomic mass is 10.0. The maximum Gasteiger partial charge on any atom is 0.265 e. The number of Topliss-reactive ketones (excluding diaryl/α,β-unsaturated/α-hetero) is 1. The van der Waals surface area contributed by atoms with Gasteiger partial charge in [0.15, 0.2) is 5.78 Å². The molecule has 2 heterocycles. The first kappa shape index (κ1) is 27.3. The number of carbonyl (C=O) groups excluding carboxylic acids is 2. The molecule has 0 radical (unpaired) electrons. The van der Waals surface area contributed by atoms with Crippen LogP contribution in [0.25, 0.3) is 0 Å². The summed E-state index contributed by atoms with van der Waals surface area (Å²) in [6.45, 7) is 1.46. The molecule has 194 valence electrons. The fraction of sp³-hybridized carbons (Fsp3) is 0.240. The van der Waals surface area contributed by atoms with Gasteiger partial charge < -0.3 is 11.1 Å². The molecular weight excluding hydrogens is 559 g/mol. The number of fused-ring (bicyclic) bond motifs is 1. The minimum Gasteiger partial charge on any atom is -0.350 e. The lowest BCUT2D eigenvalue weighted by Crippen LogP contribution is -2.53. The Bertz CT molecular complexity index is 1460. The summed E-state index contributed by atoms with van der Waals surface area (Å²) in [7, 11) is -4.12. The van der Waals surface area contributed by atoms with Crippen LogP contribution in [0.3, 0.4) is 0 Å². The first-order valence-corrected chi connectivity index (χ1v) is 13.8. The Labute approximate surface area is 229 Å². The van der Waals surface area contributed by atoms with Crippen LogP contribution in [0.15, 0.2) is 59.5 Å². The van der Waals surface area contributed by atoms with Gasteiger partial charge in [0, 0.05) is 5.02 Å². The quantitative estimate of drug-likeness (QED) is 0.406. The van der Waals surface area contributed by atoms with Gasteiger partial charge in [-0.15, -0.1) is 0 Å². The molecule has 8 nitrogen and oxygen atoms in total. The molecule has 12 heteroatoms. The van der Waals surface area contributed by atoms with Gasteiger partial charge in [0.25, 0.3) is 10.0 Å². The standard InChI is InChI=1S/C25H23Cl3N4O4S/c1-14(29)25(34)31-18-10-15-8-9-17(12-22(33)23-20(27)6-3-7-21(23)28)30-24(15)32(13-18)37(35,36)19-5-2-4-16(26)11-19/h2-9,11,14,18H,10,12-13,29H2,1H3,(H,31,34)/t14-,18-/m1/s1. The van der Waals surface area contributed by atoms with Crippen molar-refractivity contribution >= 4 is 62.3 Å². The Morgan fingerprint density at radius 2 is 1.78 bits per heavy atom. The summed E-state index contributed by atoms with van der Waals surface area (Å²) in [5, 5.41) is 3.48. The average Bonchev–Trinajstić information content (AvgIpc) is 2.83. The Kier molecular flexibility index (Phi) is 8.11. The number of aromatic nitrogens is 1. The number of hydrogen-bond donors (Lipinski definition) is 2. The normalized spacial score (nSPS) is 16.1. The second-order valence-electron chi connectivity index (χ2n) is 8.67. The summed E-state index contributed by atoms with van der Waals surface area (Å²) in [5.74, 6) is -0.590. The second-order valence-corrected chi connectivity index (χ2v) is 11.8. The number of nitrogens with zero attached hydrogens (tertiary/aromatic N) is 2. The van der Waals surface area contributed by atoms with E-state index >= 15 is 0 Å². The fourth-order valence-corrected chi connectivity index (χ4v) is 6.43. The molecule has 1 aromatic heterocycles. The van der Waals surface area contributed by atoms with Crippen LogP contribution in [0.5, 0.6) is 0 Å². The Hall–Kier alpha value is -2.69. The monoisotopic (exact) mass is 580 g/mol. The lowest BCUT2D eigenvalue weighted by Gasteiger charge is -2.35. The molecule has 1 aliphatic rings. The van der Waals surface area contributed by atoms with E-state index < -0.39 is 28.0 Å². The molecular formula is C25H23Cl3N4O4S. The zero-order chi connectivity index (χ0) is 26.9. The van der Waals surface area contributed by atoms with E-state index in [4.69, 9.17) is 40.5 Å². The van der Waals surface area contributed by atoms with Crippen molar-refractivity contribution in [3.8, 4) is 0 Å². The third-order valence-electron chi connectivity index (χ3n) is 5.83. The summed E-state index contributed by atoms with van der Waals surface area (Å²) in [6.07, 6.45) is 0.180. The largest absolute Gasteiger partial charge is 0.350 e. The van der Waals surface area contributed by atoms with Crippen LogP contribution in [0.1, 0.15) is 28.5 Å². The number of carbonyl (C=O) groups is 2. The maximum atomic E-state index is 13.7. The summed E-state index contributed by atoms with van der Waals surface area (Å²) in [5.41, 5.74) is 6.78. The van der Waals surface area contributed by atoms with E-state index in [2.05, 4.69) is 10.3 Å². The number of nitrogens with two attached hydrogens (primary N) is 1. The molecule has 0 unspecified atom stereocenters. The molecule has 37 heavy (non-hydrogen) atoms. The van der Waals surface area contributed by atoms with Gasteiger partial charge in [-0.3, -0.25) is 9.59 Å². The number of pyridine rings is 1. The van der Waals surface area contributed by atoms with Gasteiger partial charge in [0.2, 0.25) is 5.91 Å². The third-order valence-corrected chi connectivity index (χ3v) is 8.45. The van der Waals surface area contributed by atoms with E-state index in [9.17, 15) is 18.0 Å². The molecule has 1 aliphatic heterocycles. The molecule has 1 amide bonds. The van der Waals surface area contributed by atoms with Crippen molar-refractivity contribution < 1.29 is 18.0 Å². The van der Waals surface area contributed by atoms with Gasteiger partial charge in [0.05, 0.1) is 51.2 Å². The number of rotatable bonds is 7. The van der Waals surface area contributed by atoms with Crippen LogP contribution in [-0.2, 0) is 27.7 Å². The van der Waals surface area contributed by atoms with Crippen LogP contribution >= 0.6 is 34.8 Å². The van der Waals surface area contributed by atoms with E-state index in [-0.39, 0.29) is 50.1 Å². The highest BCUT2D eigenvalue weighted by atomic mass is 35.5. The van der Waals surface area contributed by atoms with Crippen molar-refractivity contribution in [1.29, 1.82) is 0 Å². The molecule has 0 fully saturated rings. The molecule has 0 aliphatic carbocycles. The number of anilines is 1. The summed E-state index contributed by atoms with van der Waals surface area (Å²) in [6, 6.07) is 12.7. The first-order chi connectivity index (χ1) is 17.5. The number of amides is 1. The molecule has 0 spiro atoms. The third kappa shape index (κ3) is 5.91. The number of benzene rings is 2. The first-order valence-electron chi connectivity index (χ1n) is 11.3. The van der Waals surface area contributed by atoms with Crippen LogP contribution in [0.4, 0.5) is 5.82 Å². The molecule has 3 N–H and O–H groups in total. The summed E-state index contributed by atoms with van der Waals surface area (Å²) in [4.78, 5) is 29.8. The van der Waals surface area contributed by atoms with Crippen LogP contribution < -0.4 is 15.4 Å².